The molecule has 1 aromatic carbocycles. The molecule has 2 N–H and O–H groups in total. The zero-order valence-electron chi connectivity index (χ0n) is 17.6. The molecule has 1 aromatic rings. The van der Waals surface area contributed by atoms with Crippen LogP contribution in [0.2, 0.25) is 0 Å². The topological polar surface area (TPSA) is 67.4 Å². The monoisotopic (exact) mass is 518 g/mol. The molecule has 2 fully saturated rings. The molecule has 1 saturated carbocycles. The standard InChI is InChI=1S/C21H34N4O3.HI/c1-22-21(23-9-12-28-16-17-3-4-17)24-15-20(25-10-13-27-14-11-25)18-5-7-19(26-2)8-6-18;/h5-8,17,20H,3-4,9-16H2,1-2H3,(H2,22,23,24);1H. The largest absolute Gasteiger partial charge is 0.497 e. The summed E-state index contributed by atoms with van der Waals surface area (Å²) in [7, 11) is 3.50. The molecule has 1 aliphatic carbocycles. The van der Waals surface area contributed by atoms with Crippen molar-refractivity contribution in [2.45, 2.75) is 18.9 Å². The van der Waals surface area contributed by atoms with Crippen molar-refractivity contribution in [1.82, 2.24) is 15.5 Å². The average Bonchev–Trinajstić information content (AvgIpc) is 3.58. The van der Waals surface area contributed by atoms with E-state index in [4.69, 9.17) is 14.2 Å². The number of halogens is 1. The summed E-state index contributed by atoms with van der Waals surface area (Å²) in [5, 5.41) is 6.82. The number of rotatable bonds is 10. The number of nitrogens with zero attached hydrogens (tertiary/aromatic N) is 2. The Morgan fingerprint density at radius 2 is 1.93 bits per heavy atom. The van der Waals surface area contributed by atoms with Gasteiger partial charge in [0.2, 0.25) is 0 Å². The van der Waals surface area contributed by atoms with Crippen molar-refractivity contribution in [3.05, 3.63) is 29.8 Å². The molecule has 1 atom stereocenters. The molecule has 0 bridgehead atoms. The molecule has 8 heteroatoms. The van der Waals surface area contributed by atoms with Crippen molar-refractivity contribution in [1.29, 1.82) is 0 Å². The maximum absolute atomic E-state index is 5.69. The second-order valence-electron chi connectivity index (χ2n) is 7.34. The number of guanidine groups is 1. The van der Waals surface area contributed by atoms with Crippen LogP contribution in [0.4, 0.5) is 0 Å². The third-order valence-corrected chi connectivity index (χ3v) is 5.26. The summed E-state index contributed by atoms with van der Waals surface area (Å²) < 4.78 is 16.5. The molecular formula is C21H35IN4O3. The minimum Gasteiger partial charge on any atom is -0.497 e. The van der Waals surface area contributed by atoms with Gasteiger partial charge in [0.25, 0.3) is 0 Å². The van der Waals surface area contributed by atoms with Crippen LogP contribution in [0, 0.1) is 5.92 Å². The minimum absolute atomic E-state index is 0. The first-order valence-corrected chi connectivity index (χ1v) is 10.3. The Kier molecular flexibility index (Phi) is 11.0. The van der Waals surface area contributed by atoms with Crippen LogP contribution < -0.4 is 15.4 Å². The lowest BCUT2D eigenvalue weighted by Gasteiger charge is -2.35. The zero-order valence-corrected chi connectivity index (χ0v) is 19.9. The van der Waals surface area contributed by atoms with Gasteiger partial charge in [-0.3, -0.25) is 9.89 Å². The van der Waals surface area contributed by atoms with E-state index in [2.05, 4.69) is 32.7 Å². The highest BCUT2D eigenvalue weighted by Crippen LogP contribution is 2.28. The summed E-state index contributed by atoms with van der Waals surface area (Å²) in [6.07, 6.45) is 2.65. The number of benzene rings is 1. The Balaban J connectivity index is 0.00000300. The molecule has 7 nitrogen and oxygen atoms in total. The number of ether oxygens (including phenoxy) is 3. The molecule has 29 heavy (non-hydrogen) atoms. The smallest absolute Gasteiger partial charge is 0.191 e. The third-order valence-electron chi connectivity index (χ3n) is 5.26. The quantitative estimate of drug-likeness (QED) is 0.215. The summed E-state index contributed by atoms with van der Waals surface area (Å²) in [6.45, 7) is 6.55. The molecule has 3 rings (SSSR count). The number of hydrogen-bond acceptors (Lipinski definition) is 5. The molecule has 0 spiro atoms. The van der Waals surface area contributed by atoms with Crippen LogP contribution in [-0.4, -0.2) is 77.6 Å². The van der Waals surface area contributed by atoms with Crippen LogP contribution in [0.3, 0.4) is 0 Å². The van der Waals surface area contributed by atoms with E-state index in [1.165, 1.54) is 18.4 Å². The Morgan fingerprint density at radius 1 is 1.21 bits per heavy atom. The van der Waals surface area contributed by atoms with Gasteiger partial charge in [0, 0.05) is 39.8 Å². The van der Waals surface area contributed by atoms with Gasteiger partial charge in [-0.15, -0.1) is 24.0 Å². The predicted molar refractivity (Wildman–Crippen MR) is 126 cm³/mol. The highest BCUT2D eigenvalue weighted by molar-refractivity contribution is 14.0. The number of aliphatic imine (C=N–C) groups is 1. The first-order valence-electron chi connectivity index (χ1n) is 10.3. The van der Waals surface area contributed by atoms with Crippen LogP contribution in [0.1, 0.15) is 24.4 Å². The van der Waals surface area contributed by atoms with Gasteiger partial charge in [0.1, 0.15) is 5.75 Å². The van der Waals surface area contributed by atoms with E-state index >= 15 is 0 Å². The molecule has 0 amide bonds. The molecule has 1 aliphatic heterocycles. The van der Waals surface area contributed by atoms with Crippen molar-refractivity contribution >= 4 is 29.9 Å². The lowest BCUT2D eigenvalue weighted by Crippen LogP contribution is -2.46. The number of hydrogen-bond donors (Lipinski definition) is 2. The van der Waals surface area contributed by atoms with E-state index in [9.17, 15) is 0 Å². The molecule has 0 aromatic heterocycles. The van der Waals surface area contributed by atoms with Gasteiger partial charge in [-0.1, -0.05) is 12.1 Å². The van der Waals surface area contributed by atoms with Crippen LogP contribution in [0.25, 0.3) is 0 Å². The molecule has 1 unspecified atom stereocenters. The number of nitrogens with one attached hydrogen (secondary N) is 2. The molecular weight excluding hydrogens is 483 g/mol. The van der Waals surface area contributed by atoms with Crippen molar-refractivity contribution < 1.29 is 14.2 Å². The Hall–Kier alpha value is -1.10. The minimum atomic E-state index is 0. The average molecular weight is 518 g/mol. The third kappa shape index (κ3) is 8.27. The fourth-order valence-corrected chi connectivity index (χ4v) is 3.36. The van der Waals surface area contributed by atoms with Gasteiger partial charge in [0.05, 0.1) is 33.0 Å². The summed E-state index contributed by atoms with van der Waals surface area (Å²) >= 11 is 0. The SMILES string of the molecule is CN=C(NCCOCC1CC1)NCC(c1ccc(OC)cc1)N1CCOCC1.I. The maximum atomic E-state index is 5.69. The zero-order chi connectivity index (χ0) is 19.6. The van der Waals surface area contributed by atoms with Gasteiger partial charge in [-0.25, -0.2) is 0 Å². The van der Waals surface area contributed by atoms with Crippen molar-refractivity contribution in [3.63, 3.8) is 0 Å². The Bertz CT molecular complexity index is 604. The lowest BCUT2D eigenvalue weighted by atomic mass is 10.0. The summed E-state index contributed by atoms with van der Waals surface area (Å²) in [5.41, 5.74) is 1.26. The second-order valence-corrected chi connectivity index (χ2v) is 7.34. The van der Waals surface area contributed by atoms with E-state index in [1.807, 2.05) is 12.1 Å². The van der Waals surface area contributed by atoms with Crippen molar-refractivity contribution in [3.8, 4) is 5.75 Å². The van der Waals surface area contributed by atoms with Gasteiger partial charge in [-0.2, -0.15) is 0 Å². The maximum Gasteiger partial charge on any atom is 0.191 e. The molecule has 1 saturated heterocycles. The first kappa shape index (κ1) is 24.2. The number of morpholine rings is 1. The number of methoxy groups -OCH3 is 1. The summed E-state index contributed by atoms with van der Waals surface area (Å²) in [6, 6.07) is 8.57. The molecule has 164 valence electrons. The van der Waals surface area contributed by atoms with Crippen LogP contribution in [-0.2, 0) is 9.47 Å². The van der Waals surface area contributed by atoms with Crippen LogP contribution in [0.15, 0.2) is 29.3 Å². The van der Waals surface area contributed by atoms with E-state index in [0.29, 0.717) is 6.61 Å². The van der Waals surface area contributed by atoms with Gasteiger partial charge in [-0.05, 0) is 36.5 Å². The fraction of sp³-hybridized carbons (Fsp3) is 0.667. The van der Waals surface area contributed by atoms with E-state index < -0.39 is 0 Å². The highest BCUT2D eigenvalue weighted by atomic mass is 127. The van der Waals surface area contributed by atoms with Crippen LogP contribution >= 0.6 is 24.0 Å². The van der Waals surface area contributed by atoms with Gasteiger partial charge < -0.3 is 24.8 Å². The molecule has 1 heterocycles. The van der Waals surface area contributed by atoms with Crippen molar-refractivity contribution in [2.24, 2.45) is 10.9 Å². The normalized spacial score (nSPS) is 18.6. The van der Waals surface area contributed by atoms with Gasteiger partial charge in [0.15, 0.2) is 5.96 Å². The van der Waals surface area contributed by atoms with Gasteiger partial charge >= 0.3 is 0 Å². The molecule has 2 aliphatic rings. The van der Waals surface area contributed by atoms with Crippen molar-refractivity contribution in [2.75, 3.05) is 66.8 Å². The van der Waals surface area contributed by atoms with E-state index in [-0.39, 0.29) is 30.0 Å². The summed E-state index contributed by atoms with van der Waals surface area (Å²) in [4.78, 5) is 6.81. The predicted octanol–water partition coefficient (Wildman–Crippen LogP) is 2.28. The Morgan fingerprint density at radius 3 is 2.55 bits per heavy atom. The Labute approximate surface area is 191 Å². The van der Waals surface area contributed by atoms with Crippen LogP contribution in [0.5, 0.6) is 5.75 Å². The highest BCUT2D eigenvalue weighted by Gasteiger charge is 2.23. The fourth-order valence-electron chi connectivity index (χ4n) is 3.36. The first-order chi connectivity index (χ1) is 13.8. The van der Waals surface area contributed by atoms with E-state index in [1.54, 1.807) is 14.2 Å². The lowest BCUT2D eigenvalue weighted by molar-refractivity contribution is 0.0170. The second kappa shape index (κ2) is 13.3. The molecule has 0 radical (unpaired) electrons. The van der Waals surface area contributed by atoms with E-state index in [0.717, 1.165) is 63.6 Å². The summed E-state index contributed by atoms with van der Waals surface area (Å²) in [5.74, 6) is 2.49.